The Morgan fingerprint density at radius 1 is 1.35 bits per heavy atom. The summed E-state index contributed by atoms with van der Waals surface area (Å²) in [6.45, 7) is 0.421. The molecule has 0 saturated carbocycles. The normalized spacial score (nSPS) is 11.8. The number of carboxylic acids is 1. The minimum atomic E-state index is -0.905. The highest BCUT2D eigenvalue weighted by molar-refractivity contribution is 5.75. The van der Waals surface area contributed by atoms with Crippen LogP contribution in [0.2, 0.25) is 0 Å². The monoisotopic (exact) mass is 272 g/mol. The van der Waals surface area contributed by atoms with Crippen LogP contribution in [-0.2, 0) is 11.3 Å². The number of methoxy groups -OCH3 is 1. The van der Waals surface area contributed by atoms with Crippen molar-refractivity contribution in [1.29, 1.82) is 0 Å². The van der Waals surface area contributed by atoms with Crippen LogP contribution >= 0.6 is 0 Å². The number of ether oxygens (including phenoxy) is 1. The summed E-state index contributed by atoms with van der Waals surface area (Å²) in [5.74, 6) is -0.395. The van der Waals surface area contributed by atoms with E-state index < -0.39 is 12.0 Å². The smallest absolute Gasteiger partial charge is 0.325 e. The maximum atomic E-state index is 11.3. The van der Waals surface area contributed by atoms with Crippen LogP contribution in [0.5, 0.6) is 5.88 Å². The summed E-state index contributed by atoms with van der Waals surface area (Å²) in [7, 11) is 1.55. The van der Waals surface area contributed by atoms with Gasteiger partial charge in [-0.3, -0.25) is 10.1 Å². The summed E-state index contributed by atoms with van der Waals surface area (Å²) in [4.78, 5) is 15.4. The molecule has 0 spiro atoms. The Bertz CT molecular complexity index is 572. The van der Waals surface area contributed by atoms with Crippen LogP contribution in [0.4, 0.5) is 0 Å². The largest absolute Gasteiger partial charge is 0.481 e. The molecule has 5 nitrogen and oxygen atoms in total. The Kier molecular flexibility index (Phi) is 4.68. The Morgan fingerprint density at radius 2 is 2.10 bits per heavy atom. The van der Waals surface area contributed by atoms with Crippen molar-refractivity contribution in [2.45, 2.75) is 12.6 Å². The first-order valence-corrected chi connectivity index (χ1v) is 6.21. The molecule has 1 heterocycles. The van der Waals surface area contributed by atoms with Gasteiger partial charge in [0.15, 0.2) is 0 Å². The van der Waals surface area contributed by atoms with E-state index in [0.29, 0.717) is 12.4 Å². The molecule has 104 valence electrons. The zero-order chi connectivity index (χ0) is 14.4. The van der Waals surface area contributed by atoms with Crippen LogP contribution in [0.25, 0.3) is 0 Å². The van der Waals surface area contributed by atoms with Crippen molar-refractivity contribution in [3.63, 3.8) is 0 Å². The fourth-order valence-corrected chi connectivity index (χ4v) is 1.89. The van der Waals surface area contributed by atoms with E-state index in [1.165, 1.54) is 0 Å². The van der Waals surface area contributed by atoms with Gasteiger partial charge in [-0.05, 0) is 17.2 Å². The first-order valence-electron chi connectivity index (χ1n) is 6.21. The lowest BCUT2D eigenvalue weighted by Crippen LogP contribution is -2.28. The molecule has 1 unspecified atom stereocenters. The summed E-state index contributed by atoms with van der Waals surface area (Å²) < 4.78 is 5.04. The number of benzene rings is 1. The van der Waals surface area contributed by atoms with Crippen molar-refractivity contribution in [1.82, 2.24) is 10.3 Å². The van der Waals surface area contributed by atoms with Crippen molar-refractivity contribution in [3.8, 4) is 5.88 Å². The number of carboxylic acid groups (broad SMARTS) is 1. The first kappa shape index (κ1) is 14.0. The highest BCUT2D eigenvalue weighted by Crippen LogP contribution is 2.15. The number of pyridine rings is 1. The van der Waals surface area contributed by atoms with Crippen LogP contribution in [0.1, 0.15) is 17.2 Å². The fourth-order valence-electron chi connectivity index (χ4n) is 1.89. The Labute approximate surface area is 117 Å². The Morgan fingerprint density at radius 3 is 2.75 bits per heavy atom. The van der Waals surface area contributed by atoms with Gasteiger partial charge in [0.2, 0.25) is 5.88 Å². The summed E-state index contributed by atoms with van der Waals surface area (Å²) in [5, 5.41) is 12.3. The number of nitrogens with zero attached hydrogens (tertiary/aromatic N) is 1. The lowest BCUT2D eigenvalue weighted by Gasteiger charge is -2.15. The van der Waals surface area contributed by atoms with E-state index in [-0.39, 0.29) is 0 Å². The van der Waals surface area contributed by atoms with E-state index in [1.807, 2.05) is 24.3 Å². The standard InChI is InChI=1S/C15H16N2O3/c1-20-13-9-11(7-8-16-13)10-17-14(15(18)19)12-5-3-2-4-6-12/h2-9,14,17H,10H2,1H3,(H,18,19). The molecule has 1 atom stereocenters. The van der Waals surface area contributed by atoms with Crippen molar-refractivity contribution >= 4 is 5.97 Å². The van der Waals surface area contributed by atoms with Crippen molar-refractivity contribution in [2.75, 3.05) is 7.11 Å². The number of aliphatic carboxylic acids is 1. The molecule has 2 aromatic rings. The van der Waals surface area contributed by atoms with Gasteiger partial charge < -0.3 is 9.84 Å². The maximum Gasteiger partial charge on any atom is 0.325 e. The lowest BCUT2D eigenvalue weighted by atomic mass is 10.1. The molecule has 0 radical (unpaired) electrons. The minimum absolute atomic E-state index is 0.421. The predicted octanol–water partition coefficient (Wildman–Crippen LogP) is 2.01. The zero-order valence-electron chi connectivity index (χ0n) is 11.1. The average molecular weight is 272 g/mol. The van der Waals surface area contributed by atoms with Crippen molar-refractivity contribution in [2.24, 2.45) is 0 Å². The van der Waals surface area contributed by atoms with Gasteiger partial charge in [0.05, 0.1) is 7.11 Å². The molecule has 2 N–H and O–H groups in total. The molecule has 0 aliphatic rings. The first-order chi connectivity index (χ1) is 9.70. The van der Waals surface area contributed by atoms with E-state index in [1.54, 1.807) is 31.5 Å². The van der Waals surface area contributed by atoms with Crippen molar-refractivity contribution in [3.05, 3.63) is 59.8 Å². The Hall–Kier alpha value is -2.40. The van der Waals surface area contributed by atoms with E-state index in [0.717, 1.165) is 11.1 Å². The molecule has 20 heavy (non-hydrogen) atoms. The summed E-state index contributed by atoms with van der Waals surface area (Å²) in [6.07, 6.45) is 1.63. The molecule has 5 heteroatoms. The molecule has 0 aliphatic heterocycles. The zero-order valence-corrected chi connectivity index (χ0v) is 11.1. The van der Waals surface area contributed by atoms with Gasteiger partial charge in [-0.15, -0.1) is 0 Å². The number of carbonyl (C=O) groups is 1. The molecule has 0 bridgehead atoms. The van der Waals surface area contributed by atoms with Gasteiger partial charge in [0, 0.05) is 18.8 Å². The maximum absolute atomic E-state index is 11.3. The highest BCUT2D eigenvalue weighted by Gasteiger charge is 2.18. The molecular weight excluding hydrogens is 256 g/mol. The Balaban J connectivity index is 2.08. The van der Waals surface area contributed by atoms with Crippen molar-refractivity contribution < 1.29 is 14.6 Å². The number of hydrogen-bond acceptors (Lipinski definition) is 4. The molecule has 0 aliphatic carbocycles. The number of aromatic nitrogens is 1. The van der Waals surface area contributed by atoms with Crippen LogP contribution in [-0.4, -0.2) is 23.2 Å². The fraction of sp³-hybridized carbons (Fsp3) is 0.200. The van der Waals surface area contributed by atoms with Gasteiger partial charge in [-0.1, -0.05) is 30.3 Å². The summed E-state index contributed by atoms with van der Waals surface area (Å²) in [5.41, 5.74) is 1.64. The molecular formula is C15H16N2O3. The van der Waals surface area contributed by atoms with Crippen LogP contribution in [0, 0.1) is 0 Å². The van der Waals surface area contributed by atoms with Gasteiger partial charge in [0.25, 0.3) is 0 Å². The summed E-state index contributed by atoms with van der Waals surface area (Å²) >= 11 is 0. The highest BCUT2D eigenvalue weighted by atomic mass is 16.5. The second kappa shape index (κ2) is 6.68. The second-order valence-corrected chi connectivity index (χ2v) is 4.27. The van der Waals surface area contributed by atoms with Crippen LogP contribution < -0.4 is 10.1 Å². The quantitative estimate of drug-likeness (QED) is 0.841. The summed E-state index contributed by atoms with van der Waals surface area (Å²) in [6, 6.07) is 11.9. The molecule has 1 aromatic carbocycles. The number of hydrogen-bond donors (Lipinski definition) is 2. The third-order valence-corrected chi connectivity index (χ3v) is 2.90. The van der Waals surface area contributed by atoms with Crippen LogP contribution in [0.3, 0.4) is 0 Å². The van der Waals surface area contributed by atoms with E-state index in [4.69, 9.17) is 4.74 Å². The SMILES string of the molecule is COc1cc(CNC(C(=O)O)c2ccccc2)ccn1. The number of rotatable bonds is 6. The molecule has 1 aromatic heterocycles. The van der Waals surface area contributed by atoms with Gasteiger partial charge in [-0.25, -0.2) is 4.98 Å². The lowest BCUT2D eigenvalue weighted by molar-refractivity contribution is -0.139. The topological polar surface area (TPSA) is 71.5 Å². The number of nitrogens with one attached hydrogen (secondary N) is 1. The molecule has 2 rings (SSSR count). The van der Waals surface area contributed by atoms with Gasteiger partial charge >= 0.3 is 5.97 Å². The third kappa shape index (κ3) is 3.55. The second-order valence-electron chi connectivity index (χ2n) is 4.27. The van der Waals surface area contributed by atoms with E-state index in [9.17, 15) is 9.90 Å². The predicted molar refractivity (Wildman–Crippen MR) is 74.4 cm³/mol. The van der Waals surface area contributed by atoms with E-state index >= 15 is 0 Å². The molecule has 0 amide bonds. The van der Waals surface area contributed by atoms with Crippen LogP contribution in [0.15, 0.2) is 48.7 Å². The van der Waals surface area contributed by atoms with Gasteiger partial charge in [-0.2, -0.15) is 0 Å². The van der Waals surface area contributed by atoms with E-state index in [2.05, 4.69) is 10.3 Å². The molecule has 0 saturated heterocycles. The minimum Gasteiger partial charge on any atom is -0.481 e. The van der Waals surface area contributed by atoms with Gasteiger partial charge in [0.1, 0.15) is 6.04 Å². The third-order valence-electron chi connectivity index (χ3n) is 2.90. The molecule has 0 fully saturated rings. The average Bonchev–Trinajstić information content (AvgIpc) is 2.48.